The lowest BCUT2D eigenvalue weighted by atomic mass is 9.79. The Kier molecular flexibility index (Phi) is 1.98. The van der Waals surface area contributed by atoms with Gasteiger partial charge in [-0.2, -0.15) is 0 Å². The van der Waals surface area contributed by atoms with Gasteiger partial charge in [-0.15, -0.1) is 0 Å². The lowest BCUT2D eigenvalue weighted by molar-refractivity contribution is -0.148. The zero-order valence-electron chi connectivity index (χ0n) is 6.43. The van der Waals surface area contributed by atoms with Crippen LogP contribution in [0.25, 0.3) is 0 Å². The van der Waals surface area contributed by atoms with E-state index in [-0.39, 0.29) is 12.2 Å². The molecule has 1 rings (SSSR count). The van der Waals surface area contributed by atoms with Gasteiger partial charge in [-0.3, -0.25) is 4.79 Å². The van der Waals surface area contributed by atoms with Crippen LogP contribution in [0.2, 0.25) is 0 Å². The molecule has 11 heavy (non-hydrogen) atoms. The molecule has 1 atom stereocenters. The summed E-state index contributed by atoms with van der Waals surface area (Å²) in [4.78, 5) is 10.6. The fourth-order valence-electron chi connectivity index (χ4n) is 1.13. The molecule has 2 nitrogen and oxygen atoms in total. The van der Waals surface area contributed by atoms with Gasteiger partial charge in [0.2, 0.25) is 0 Å². The number of carbonyl (C=O) groups is 1. The SMILES string of the molecule is CC1(C(=O)O)CC=C(F)CC1. The van der Waals surface area contributed by atoms with Crippen molar-refractivity contribution in [2.24, 2.45) is 5.41 Å². The van der Waals surface area contributed by atoms with Crippen molar-refractivity contribution in [3.63, 3.8) is 0 Å². The smallest absolute Gasteiger partial charge is 0.309 e. The highest BCUT2D eigenvalue weighted by molar-refractivity contribution is 5.74. The lowest BCUT2D eigenvalue weighted by Gasteiger charge is -2.25. The number of rotatable bonds is 1. The van der Waals surface area contributed by atoms with E-state index in [2.05, 4.69) is 0 Å². The van der Waals surface area contributed by atoms with Crippen LogP contribution in [0.1, 0.15) is 26.2 Å². The molecule has 3 heteroatoms. The maximum absolute atomic E-state index is 12.5. The molecule has 1 aliphatic rings. The van der Waals surface area contributed by atoms with Crippen molar-refractivity contribution in [1.29, 1.82) is 0 Å². The number of halogens is 1. The summed E-state index contributed by atoms with van der Waals surface area (Å²) >= 11 is 0. The summed E-state index contributed by atoms with van der Waals surface area (Å²) in [6, 6.07) is 0. The van der Waals surface area contributed by atoms with Gasteiger partial charge in [0.1, 0.15) is 0 Å². The first kappa shape index (κ1) is 8.24. The Bertz CT molecular complexity index is 210. The van der Waals surface area contributed by atoms with Crippen LogP contribution in [0.3, 0.4) is 0 Å². The average Bonchev–Trinajstić information content (AvgIpc) is 1.95. The van der Waals surface area contributed by atoms with E-state index in [9.17, 15) is 9.18 Å². The highest BCUT2D eigenvalue weighted by atomic mass is 19.1. The second kappa shape index (κ2) is 2.64. The minimum atomic E-state index is -0.832. The van der Waals surface area contributed by atoms with Gasteiger partial charge >= 0.3 is 5.97 Å². The molecule has 0 radical (unpaired) electrons. The average molecular weight is 158 g/mol. The fraction of sp³-hybridized carbons (Fsp3) is 0.625. The summed E-state index contributed by atoms with van der Waals surface area (Å²) < 4.78 is 12.5. The van der Waals surface area contributed by atoms with Gasteiger partial charge in [-0.05, 0) is 26.2 Å². The maximum Gasteiger partial charge on any atom is 0.309 e. The van der Waals surface area contributed by atoms with E-state index < -0.39 is 11.4 Å². The molecule has 0 fully saturated rings. The van der Waals surface area contributed by atoms with Gasteiger partial charge in [0.05, 0.1) is 11.2 Å². The summed E-state index contributed by atoms with van der Waals surface area (Å²) in [7, 11) is 0. The van der Waals surface area contributed by atoms with Crippen LogP contribution in [-0.4, -0.2) is 11.1 Å². The van der Waals surface area contributed by atoms with E-state index in [1.165, 1.54) is 6.08 Å². The molecular formula is C8H11FO2. The standard InChI is InChI=1S/C8H11FO2/c1-8(7(10)11)4-2-6(9)3-5-8/h2H,3-5H2,1H3,(H,10,11). The highest BCUT2D eigenvalue weighted by Crippen LogP contribution is 2.35. The first-order chi connectivity index (χ1) is 5.04. The number of carboxylic acids is 1. The van der Waals surface area contributed by atoms with Crippen molar-refractivity contribution in [2.45, 2.75) is 26.2 Å². The Labute approximate surface area is 64.7 Å². The minimum absolute atomic E-state index is 0.177. The van der Waals surface area contributed by atoms with Crippen molar-refractivity contribution >= 4 is 5.97 Å². The van der Waals surface area contributed by atoms with E-state index in [4.69, 9.17) is 5.11 Å². The third-order valence-corrected chi connectivity index (χ3v) is 2.21. The molecular weight excluding hydrogens is 147 g/mol. The second-order valence-electron chi connectivity index (χ2n) is 3.22. The molecule has 0 amide bonds. The van der Waals surface area contributed by atoms with E-state index in [0.29, 0.717) is 12.8 Å². The zero-order valence-corrected chi connectivity index (χ0v) is 6.43. The first-order valence-electron chi connectivity index (χ1n) is 3.62. The van der Waals surface area contributed by atoms with E-state index in [1.54, 1.807) is 6.92 Å². The molecule has 1 unspecified atom stereocenters. The van der Waals surface area contributed by atoms with Gasteiger partial charge in [0, 0.05) is 0 Å². The minimum Gasteiger partial charge on any atom is -0.481 e. The Hall–Kier alpha value is -0.860. The number of carboxylic acid groups (broad SMARTS) is 1. The molecule has 0 heterocycles. The monoisotopic (exact) mass is 158 g/mol. The Balaban J connectivity index is 2.71. The van der Waals surface area contributed by atoms with Crippen molar-refractivity contribution in [1.82, 2.24) is 0 Å². The van der Waals surface area contributed by atoms with Gasteiger partial charge in [0.15, 0.2) is 0 Å². The summed E-state index contributed by atoms with van der Waals surface area (Å²) in [6.07, 6.45) is 2.36. The van der Waals surface area contributed by atoms with Crippen molar-refractivity contribution in [3.8, 4) is 0 Å². The van der Waals surface area contributed by atoms with Crippen molar-refractivity contribution in [2.75, 3.05) is 0 Å². The van der Waals surface area contributed by atoms with Crippen LogP contribution in [0.4, 0.5) is 4.39 Å². The van der Waals surface area contributed by atoms with E-state index >= 15 is 0 Å². The maximum atomic E-state index is 12.5. The molecule has 0 aromatic carbocycles. The number of allylic oxidation sites excluding steroid dienone is 2. The topological polar surface area (TPSA) is 37.3 Å². The molecule has 1 N–H and O–H groups in total. The molecule has 0 aromatic rings. The van der Waals surface area contributed by atoms with Crippen LogP contribution in [0.5, 0.6) is 0 Å². The van der Waals surface area contributed by atoms with Gasteiger partial charge in [-0.25, -0.2) is 4.39 Å². The summed E-state index contributed by atoms with van der Waals surface area (Å²) in [5, 5.41) is 8.73. The molecule has 0 spiro atoms. The fourth-order valence-corrected chi connectivity index (χ4v) is 1.13. The summed E-state index contributed by atoms with van der Waals surface area (Å²) in [6.45, 7) is 1.65. The van der Waals surface area contributed by atoms with Crippen molar-refractivity contribution < 1.29 is 14.3 Å². The molecule has 0 bridgehead atoms. The van der Waals surface area contributed by atoms with Gasteiger partial charge < -0.3 is 5.11 Å². The second-order valence-corrected chi connectivity index (χ2v) is 3.22. The lowest BCUT2D eigenvalue weighted by Crippen LogP contribution is -2.28. The van der Waals surface area contributed by atoms with Crippen LogP contribution < -0.4 is 0 Å². The normalized spacial score (nSPS) is 31.3. The quantitative estimate of drug-likeness (QED) is 0.634. The third kappa shape index (κ3) is 1.59. The predicted octanol–water partition coefficient (Wildman–Crippen LogP) is 2.11. The number of aliphatic carboxylic acids is 1. The number of hydrogen-bond donors (Lipinski definition) is 1. The van der Waals surface area contributed by atoms with Crippen LogP contribution in [0, 0.1) is 5.41 Å². The predicted molar refractivity (Wildman–Crippen MR) is 38.8 cm³/mol. The van der Waals surface area contributed by atoms with Crippen LogP contribution in [0.15, 0.2) is 11.9 Å². The van der Waals surface area contributed by atoms with Crippen LogP contribution >= 0.6 is 0 Å². The van der Waals surface area contributed by atoms with Gasteiger partial charge in [0.25, 0.3) is 0 Å². The molecule has 0 aliphatic heterocycles. The van der Waals surface area contributed by atoms with Crippen LogP contribution in [-0.2, 0) is 4.79 Å². The van der Waals surface area contributed by atoms with E-state index in [0.717, 1.165) is 0 Å². The zero-order chi connectivity index (χ0) is 8.48. The first-order valence-corrected chi connectivity index (χ1v) is 3.62. The molecule has 0 saturated carbocycles. The van der Waals surface area contributed by atoms with E-state index in [1.807, 2.05) is 0 Å². The summed E-state index contributed by atoms with van der Waals surface area (Å²) in [5.41, 5.74) is -0.740. The molecule has 0 aromatic heterocycles. The molecule has 62 valence electrons. The van der Waals surface area contributed by atoms with Gasteiger partial charge in [-0.1, -0.05) is 6.08 Å². The summed E-state index contributed by atoms with van der Waals surface area (Å²) in [5.74, 6) is -1.01. The largest absolute Gasteiger partial charge is 0.481 e. The Morgan fingerprint density at radius 3 is 2.82 bits per heavy atom. The highest BCUT2D eigenvalue weighted by Gasteiger charge is 2.34. The molecule has 0 saturated heterocycles. The Morgan fingerprint density at radius 1 is 1.82 bits per heavy atom. The van der Waals surface area contributed by atoms with Crippen molar-refractivity contribution in [3.05, 3.63) is 11.9 Å². The number of hydrogen-bond acceptors (Lipinski definition) is 1. The molecule has 1 aliphatic carbocycles. The Morgan fingerprint density at radius 2 is 2.45 bits per heavy atom. The third-order valence-electron chi connectivity index (χ3n) is 2.21.